The lowest BCUT2D eigenvalue weighted by molar-refractivity contribution is -0.121. The van der Waals surface area contributed by atoms with Gasteiger partial charge in [0.1, 0.15) is 5.75 Å². The van der Waals surface area contributed by atoms with Gasteiger partial charge in [-0.1, -0.05) is 12.1 Å². The van der Waals surface area contributed by atoms with Crippen molar-refractivity contribution in [3.63, 3.8) is 0 Å². The molecular weight excluding hydrogens is 418 g/mol. The second-order valence-corrected chi connectivity index (χ2v) is 9.28. The van der Waals surface area contributed by atoms with Crippen LogP contribution in [-0.2, 0) is 32.6 Å². The van der Waals surface area contributed by atoms with E-state index in [1.165, 1.54) is 13.0 Å². The van der Waals surface area contributed by atoms with Crippen LogP contribution in [-0.4, -0.2) is 39.9 Å². The first-order valence-electron chi connectivity index (χ1n) is 10.0. The van der Waals surface area contributed by atoms with Crippen LogP contribution in [0.4, 0.5) is 5.69 Å². The summed E-state index contributed by atoms with van der Waals surface area (Å²) in [4.78, 5) is 25.7. The van der Waals surface area contributed by atoms with E-state index in [0.29, 0.717) is 18.7 Å². The lowest BCUT2D eigenvalue weighted by atomic mass is 10.1. The Hall–Kier alpha value is -2.91. The predicted molar refractivity (Wildman–Crippen MR) is 117 cm³/mol. The molecule has 9 heteroatoms. The first-order valence-corrected chi connectivity index (χ1v) is 11.5. The number of methoxy groups -OCH3 is 1. The van der Waals surface area contributed by atoms with Gasteiger partial charge in [-0.05, 0) is 54.8 Å². The van der Waals surface area contributed by atoms with E-state index >= 15 is 0 Å². The van der Waals surface area contributed by atoms with Gasteiger partial charge in [0.2, 0.25) is 21.8 Å². The summed E-state index contributed by atoms with van der Waals surface area (Å²) in [5.41, 5.74) is 2.46. The quantitative estimate of drug-likeness (QED) is 0.647. The highest BCUT2D eigenvalue weighted by molar-refractivity contribution is 7.89. The Labute approximate surface area is 182 Å². The van der Waals surface area contributed by atoms with E-state index in [4.69, 9.17) is 4.74 Å². The largest absolute Gasteiger partial charge is 0.497 e. The first kappa shape index (κ1) is 22.8. The number of sulfonamides is 1. The normalized spacial score (nSPS) is 15.5. The zero-order chi connectivity index (χ0) is 22.6. The van der Waals surface area contributed by atoms with E-state index in [9.17, 15) is 18.0 Å². The van der Waals surface area contributed by atoms with Crippen molar-refractivity contribution in [3.05, 3.63) is 53.6 Å². The molecule has 0 saturated carbocycles. The molecule has 0 unspecified atom stereocenters. The average molecular weight is 446 g/mol. The number of hydrogen-bond donors (Lipinski definition) is 2. The standard InChI is InChI=1S/C22H27N3O5S/c1-15-11-18-13-20(7-8-21(18)25(15)16(2)26)31(28,29)24-10-9-22(27)23-14-17-5-4-6-19(12-17)30-3/h4-8,12-13,15,24H,9-11,14H2,1-3H3,(H,23,27)/t15-/m1/s1. The number of carbonyl (C=O) groups excluding carboxylic acids is 2. The fourth-order valence-electron chi connectivity index (χ4n) is 3.71. The average Bonchev–Trinajstić information content (AvgIpc) is 3.07. The minimum atomic E-state index is -3.76. The Balaban J connectivity index is 1.54. The highest BCUT2D eigenvalue weighted by atomic mass is 32.2. The number of ether oxygens (including phenoxy) is 1. The smallest absolute Gasteiger partial charge is 0.240 e. The van der Waals surface area contributed by atoms with Gasteiger partial charge in [-0.3, -0.25) is 9.59 Å². The summed E-state index contributed by atoms with van der Waals surface area (Å²) in [6.07, 6.45) is 0.619. The molecule has 31 heavy (non-hydrogen) atoms. The SMILES string of the molecule is COc1cccc(CNC(=O)CCNS(=O)(=O)c2ccc3c(c2)C[C@@H](C)N3C(C)=O)c1. The number of rotatable bonds is 8. The summed E-state index contributed by atoms with van der Waals surface area (Å²) in [6.45, 7) is 3.74. The summed E-state index contributed by atoms with van der Waals surface area (Å²) in [7, 11) is -2.18. The summed E-state index contributed by atoms with van der Waals surface area (Å²) < 4.78 is 32.9. The van der Waals surface area contributed by atoms with E-state index in [1.807, 2.05) is 31.2 Å². The number of carbonyl (C=O) groups is 2. The Morgan fingerprint density at radius 1 is 1.19 bits per heavy atom. The number of nitrogens with one attached hydrogen (secondary N) is 2. The second-order valence-electron chi connectivity index (χ2n) is 7.51. The van der Waals surface area contributed by atoms with Crippen molar-refractivity contribution in [1.29, 1.82) is 0 Å². The van der Waals surface area contributed by atoms with Crippen molar-refractivity contribution in [2.45, 2.75) is 44.2 Å². The van der Waals surface area contributed by atoms with E-state index in [1.54, 1.807) is 24.1 Å². The number of amides is 2. The van der Waals surface area contributed by atoms with Crippen LogP contribution >= 0.6 is 0 Å². The molecule has 166 valence electrons. The van der Waals surface area contributed by atoms with Crippen molar-refractivity contribution in [2.75, 3.05) is 18.6 Å². The zero-order valence-electron chi connectivity index (χ0n) is 17.8. The molecule has 1 heterocycles. The number of anilines is 1. The third-order valence-electron chi connectivity index (χ3n) is 5.18. The molecule has 0 spiro atoms. The van der Waals surface area contributed by atoms with Gasteiger partial charge in [-0.2, -0.15) is 0 Å². The molecule has 1 aliphatic heterocycles. The molecule has 0 aromatic heterocycles. The van der Waals surface area contributed by atoms with Crippen LogP contribution in [0.2, 0.25) is 0 Å². The highest BCUT2D eigenvalue weighted by Crippen LogP contribution is 2.33. The molecule has 8 nitrogen and oxygen atoms in total. The molecule has 0 fully saturated rings. The third-order valence-corrected chi connectivity index (χ3v) is 6.64. The van der Waals surface area contributed by atoms with Crippen LogP contribution in [0.25, 0.3) is 0 Å². The van der Waals surface area contributed by atoms with Crippen LogP contribution in [0.15, 0.2) is 47.4 Å². The Morgan fingerprint density at radius 2 is 1.97 bits per heavy atom. The molecule has 1 atom stereocenters. The minimum Gasteiger partial charge on any atom is -0.497 e. The maximum absolute atomic E-state index is 12.6. The van der Waals surface area contributed by atoms with E-state index in [-0.39, 0.29) is 35.7 Å². The fourth-order valence-corrected chi connectivity index (χ4v) is 4.79. The Kier molecular flexibility index (Phi) is 6.97. The van der Waals surface area contributed by atoms with Crippen LogP contribution in [0.5, 0.6) is 5.75 Å². The van der Waals surface area contributed by atoms with Crippen LogP contribution in [0, 0.1) is 0 Å². The number of fused-ring (bicyclic) bond motifs is 1. The summed E-state index contributed by atoms with van der Waals surface area (Å²) in [6, 6.07) is 12.1. The van der Waals surface area contributed by atoms with Crippen molar-refractivity contribution < 1.29 is 22.7 Å². The Morgan fingerprint density at radius 3 is 2.68 bits per heavy atom. The molecule has 0 saturated heterocycles. The fraction of sp³-hybridized carbons (Fsp3) is 0.364. The molecule has 2 amide bonds. The van der Waals surface area contributed by atoms with Crippen molar-refractivity contribution in [3.8, 4) is 5.75 Å². The molecule has 2 N–H and O–H groups in total. The molecule has 0 aliphatic carbocycles. The Bertz CT molecular complexity index is 1080. The van der Waals surface area contributed by atoms with Crippen LogP contribution in [0.3, 0.4) is 0 Å². The highest BCUT2D eigenvalue weighted by Gasteiger charge is 2.30. The summed E-state index contributed by atoms with van der Waals surface area (Å²) in [5, 5.41) is 2.76. The zero-order valence-corrected chi connectivity index (χ0v) is 18.7. The van der Waals surface area contributed by atoms with Gasteiger partial charge in [0.05, 0.1) is 12.0 Å². The van der Waals surface area contributed by atoms with Gasteiger partial charge in [-0.25, -0.2) is 13.1 Å². The molecule has 0 bridgehead atoms. The maximum atomic E-state index is 12.6. The molecule has 3 rings (SSSR count). The summed E-state index contributed by atoms with van der Waals surface area (Å²) in [5.74, 6) is 0.375. The van der Waals surface area contributed by atoms with Crippen LogP contribution < -0.4 is 19.7 Å². The van der Waals surface area contributed by atoms with E-state index in [0.717, 1.165) is 16.8 Å². The first-order chi connectivity index (χ1) is 14.7. The minimum absolute atomic E-state index is 0.00769. The van der Waals surface area contributed by atoms with Gasteiger partial charge in [0.25, 0.3) is 0 Å². The van der Waals surface area contributed by atoms with Crippen molar-refractivity contribution in [1.82, 2.24) is 10.0 Å². The van der Waals surface area contributed by atoms with Gasteiger partial charge in [0, 0.05) is 38.2 Å². The topological polar surface area (TPSA) is 105 Å². The monoisotopic (exact) mass is 445 g/mol. The van der Waals surface area contributed by atoms with Gasteiger partial charge in [0.15, 0.2) is 0 Å². The third kappa shape index (κ3) is 5.42. The van der Waals surface area contributed by atoms with E-state index < -0.39 is 10.0 Å². The van der Waals surface area contributed by atoms with Gasteiger partial charge >= 0.3 is 0 Å². The summed E-state index contributed by atoms with van der Waals surface area (Å²) >= 11 is 0. The number of nitrogens with zero attached hydrogens (tertiary/aromatic N) is 1. The van der Waals surface area contributed by atoms with Gasteiger partial charge < -0.3 is 15.0 Å². The maximum Gasteiger partial charge on any atom is 0.240 e. The molecule has 0 radical (unpaired) electrons. The van der Waals surface area contributed by atoms with Crippen LogP contribution in [0.1, 0.15) is 31.4 Å². The number of hydrogen-bond acceptors (Lipinski definition) is 5. The van der Waals surface area contributed by atoms with Crippen molar-refractivity contribution in [2.24, 2.45) is 0 Å². The predicted octanol–water partition coefficient (Wildman–Crippen LogP) is 1.98. The van der Waals surface area contributed by atoms with Gasteiger partial charge in [-0.15, -0.1) is 0 Å². The molecule has 1 aliphatic rings. The van der Waals surface area contributed by atoms with Crippen molar-refractivity contribution >= 4 is 27.5 Å². The lowest BCUT2D eigenvalue weighted by Gasteiger charge is -2.20. The molecular formula is C22H27N3O5S. The molecule has 2 aromatic rings. The second kappa shape index (κ2) is 9.49. The number of benzene rings is 2. The lowest BCUT2D eigenvalue weighted by Crippen LogP contribution is -2.33. The molecule has 2 aromatic carbocycles. The van der Waals surface area contributed by atoms with E-state index in [2.05, 4.69) is 10.0 Å².